The van der Waals surface area contributed by atoms with Crippen LogP contribution in [0.2, 0.25) is 0 Å². The van der Waals surface area contributed by atoms with Gasteiger partial charge in [0.1, 0.15) is 11.5 Å². The smallest absolute Gasteiger partial charge is 0.265 e. The lowest BCUT2D eigenvalue weighted by Gasteiger charge is -2.19. The van der Waals surface area contributed by atoms with Crippen molar-refractivity contribution in [3.05, 3.63) is 48.5 Å². The van der Waals surface area contributed by atoms with Gasteiger partial charge in [-0.3, -0.25) is 9.10 Å². The summed E-state index contributed by atoms with van der Waals surface area (Å²) in [5.41, 5.74) is 1.17. The van der Waals surface area contributed by atoms with Crippen molar-refractivity contribution in [3.8, 4) is 11.5 Å². The number of rotatable bonds is 9. The van der Waals surface area contributed by atoms with Crippen LogP contribution in [0, 0.1) is 0 Å². The molecule has 0 aliphatic heterocycles. The van der Waals surface area contributed by atoms with E-state index in [1.54, 1.807) is 48.5 Å². The minimum atomic E-state index is -3.33. The molecule has 0 saturated carbocycles. The van der Waals surface area contributed by atoms with Crippen LogP contribution in [0.3, 0.4) is 0 Å². The predicted molar refractivity (Wildman–Crippen MR) is 111 cm³/mol. The van der Waals surface area contributed by atoms with Gasteiger partial charge in [-0.05, 0) is 61.9 Å². The highest BCUT2D eigenvalue weighted by Gasteiger charge is 2.19. The molecule has 0 spiro atoms. The Balaban J connectivity index is 2.01. The Kier molecular flexibility index (Phi) is 7.28. The summed E-state index contributed by atoms with van der Waals surface area (Å²) in [5, 5.41) is 2.82. The molecule has 8 heteroatoms. The quantitative estimate of drug-likeness (QED) is 0.691. The molecule has 152 valence electrons. The molecule has 2 aromatic rings. The van der Waals surface area contributed by atoms with Crippen LogP contribution in [-0.4, -0.2) is 40.3 Å². The molecule has 0 fully saturated rings. The van der Waals surface area contributed by atoms with Gasteiger partial charge in [0.15, 0.2) is 6.10 Å². The Morgan fingerprint density at radius 1 is 1.04 bits per heavy atom. The van der Waals surface area contributed by atoms with Crippen LogP contribution >= 0.6 is 0 Å². The van der Waals surface area contributed by atoms with Crippen LogP contribution < -0.4 is 19.1 Å². The highest BCUT2D eigenvalue weighted by atomic mass is 32.2. The van der Waals surface area contributed by atoms with E-state index in [1.807, 2.05) is 13.8 Å². The number of nitrogens with zero attached hydrogens (tertiary/aromatic N) is 1. The first-order chi connectivity index (χ1) is 13.2. The monoisotopic (exact) mass is 406 g/mol. The molecule has 0 aromatic heterocycles. The number of carbonyl (C=O) groups is 1. The highest BCUT2D eigenvalue weighted by Crippen LogP contribution is 2.22. The second-order valence-corrected chi connectivity index (χ2v) is 8.20. The summed E-state index contributed by atoms with van der Waals surface area (Å²) >= 11 is 0. The molecule has 1 atom stereocenters. The largest absolute Gasteiger partial charge is 0.494 e. The summed E-state index contributed by atoms with van der Waals surface area (Å²) in [7, 11) is -1.86. The van der Waals surface area contributed by atoms with Crippen molar-refractivity contribution in [2.45, 2.75) is 26.4 Å². The van der Waals surface area contributed by atoms with Gasteiger partial charge in [-0.15, -0.1) is 0 Å². The van der Waals surface area contributed by atoms with Crippen molar-refractivity contribution >= 4 is 27.3 Å². The van der Waals surface area contributed by atoms with E-state index in [0.29, 0.717) is 30.2 Å². The fourth-order valence-corrected chi connectivity index (χ4v) is 2.94. The van der Waals surface area contributed by atoms with E-state index < -0.39 is 16.1 Å². The van der Waals surface area contributed by atoms with E-state index in [1.165, 1.54) is 11.4 Å². The Hall–Kier alpha value is -2.74. The maximum absolute atomic E-state index is 12.5. The summed E-state index contributed by atoms with van der Waals surface area (Å²) in [5.74, 6) is 0.964. The summed E-state index contributed by atoms with van der Waals surface area (Å²) in [6.45, 7) is 4.34. The zero-order valence-electron chi connectivity index (χ0n) is 16.5. The van der Waals surface area contributed by atoms with Gasteiger partial charge in [0.05, 0.1) is 18.6 Å². The maximum Gasteiger partial charge on any atom is 0.265 e. The second-order valence-electron chi connectivity index (χ2n) is 6.19. The van der Waals surface area contributed by atoms with E-state index >= 15 is 0 Å². The van der Waals surface area contributed by atoms with Crippen molar-refractivity contribution in [2.75, 3.05) is 29.5 Å². The van der Waals surface area contributed by atoms with Gasteiger partial charge in [0.25, 0.3) is 5.91 Å². The van der Waals surface area contributed by atoms with Gasteiger partial charge in [0.2, 0.25) is 10.0 Å². The van der Waals surface area contributed by atoms with E-state index in [2.05, 4.69) is 5.32 Å². The number of nitrogens with one attached hydrogen (secondary N) is 1. The molecule has 0 radical (unpaired) electrons. The molecule has 0 bridgehead atoms. The number of amides is 1. The average Bonchev–Trinajstić information content (AvgIpc) is 2.67. The van der Waals surface area contributed by atoms with Gasteiger partial charge in [-0.2, -0.15) is 0 Å². The second kappa shape index (κ2) is 9.45. The molecule has 0 aliphatic carbocycles. The lowest BCUT2D eigenvalue weighted by molar-refractivity contribution is -0.122. The molecule has 2 aromatic carbocycles. The van der Waals surface area contributed by atoms with Gasteiger partial charge in [-0.1, -0.05) is 6.92 Å². The van der Waals surface area contributed by atoms with E-state index in [-0.39, 0.29) is 5.91 Å². The molecule has 7 nitrogen and oxygen atoms in total. The Bertz CT molecular complexity index is 880. The maximum atomic E-state index is 12.5. The van der Waals surface area contributed by atoms with Crippen molar-refractivity contribution < 1.29 is 22.7 Å². The van der Waals surface area contributed by atoms with Crippen molar-refractivity contribution in [1.29, 1.82) is 0 Å². The van der Waals surface area contributed by atoms with Crippen LogP contribution in [0.5, 0.6) is 11.5 Å². The molecular formula is C20H26N2O5S. The molecular weight excluding hydrogens is 380 g/mol. The number of carbonyl (C=O) groups excluding carboxylic acids is 1. The van der Waals surface area contributed by atoms with E-state index in [0.717, 1.165) is 12.0 Å². The number of sulfonamides is 1. The topological polar surface area (TPSA) is 84.9 Å². The Labute approximate surface area is 166 Å². The van der Waals surface area contributed by atoms with Crippen molar-refractivity contribution in [3.63, 3.8) is 0 Å². The van der Waals surface area contributed by atoms with Gasteiger partial charge in [0, 0.05) is 12.7 Å². The highest BCUT2D eigenvalue weighted by molar-refractivity contribution is 7.92. The number of hydrogen-bond donors (Lipinski definition) is 1. The van der Waals surface area contributed by atoms with Gasteiger partial charge >= 0.3 is 0 Å². The number of benzene rings is 2. The summed E-state index contributed by atoms with van der Waals surface area (Å²) in [6, 6.07) is 13.7. The van der Waals surface area contributed by atoms with Crippen LogP contribution in [-0.2, 0) is 14.8 Å². The first kappa shape index (κ1) is 21.6. The molecule has 1 amide bonds. The number of ether oxygens (including phenoxy) is 2. The normalized spacial score (nSPS) is 12.1. The van der Waals surface area contributed by atoms with Crippen molar-refractivity contribution in [2.24, 2.45) is 0 Å². The van der Waals surface area contributed by atoms with Crippen LogP contribution in [0.25, 0.3) is 0 Å². The molecule has 28 heavy (non-hydrogen) atoms. The van der Waals surface area contributed by atoms with E-state index in [4.69, 9.17) is 9.47 Å². The molecule has 0 heterocycles. The molecule has 0 unspecified atom stereocenters. The van der Waals surface area contributed by atoms with E-state index in [9.17, 15) is 13.2 Å². The SMILES string of the molecule is CCOc1ccc(NC(=O)[C@@H](CC)Oc2ccc(N(C)S(C)(=O)=O)cc2)cc1. The lowest BCUT2D eigenvalue weighted by Crippen LogP contribution is -2.32. The predicted octanol–water partition coefficient (Wildman–Crippen LogP) is 3.28. The fourth-order valence-electron chi connectivity index (χ4n) is 2.44. The molecule has 0 saturated heterocycles. The first-order valence-electron chi connectivity index (χ1n) is 8.99. The minimum absolute atomic E-state index is 0.260. The summed E-state index contributed by atoms with van der Waals surface area (Å²) < 4.78 is 35.5. The molecule has 0 aliphatic rings. The first-order valence-corrected chi connectivity index (χ1v) is 10.8. The third kappa shape index (κ3) is 5.88. The van der Waals surface area contributed by atoms with Crippen LogP contribution in [0.15, 0.2) is 48.5 Å². The Morgan fingerprint density at radius 2 is 1.61 bits per heavy atom. The molecule has 2 rings (SSSR count). The number of anilines is 2. The third-order valence-electron chi connectivity index (χ3n) is 4.07. The zero-order chi connectivity index (χ0) is 20.7. The molecule has 1 N–H and O–H groups in total. The standard InChI is InChI=1S/C20H26N2O5S/c1-5-19(20(23)21-15-7-11-17(12-8-15)26-6-2)27-18-13-9-16(10-14-18)22(3)28(4,24)25/h7-14,19H,5-6H2,1-4H3,(H,21,23)/t19-/m1/s1. The number of hydrogen-bond acceptors (Lipinski definition) is 5. The average molecular weight is 407 g/mol. The van der Waals surface area contributed by atoms with Crippen LogP contribution in [0.1, 0.15) is 20.3 Å². The lowest BCUT2D eigenvalue weighted by atomic mass is 10.2. The van der Waals surface area contributed by atoms with Gasteiger partial charge in [-0.25, -0.2) is 8.42 Å². The van der Waals surface area contributed by atoms with Gasteiger partial charge < -0.3 is 14.8 Å². The Morgan fingerprint density at radius 3 is 2.11 bits per heavy atom. The summed E-state index contributed by atoms with van der Waals surface area (Å²) in [6.07, 6.45) is 0.939. The third-order valence-corrected chi connectivity index (χ3v) is 5.28. The summed E-state index contributed by atoms with van der Waals surface area (Å²) in [4.78, 5) is 12.5. The zero-order valence-corrected chi connectivity index (χ0v) is 17.3. The van der Waals surface area contributed by atoms with Crippen molar-refractivity contribution in [1.82, 2.24) is 0 Å². The minimum Gasteiger partial charge on any atom is -0.494 e. The fraction of sp³-hybridized carbons (Fsp3) is 0.350. The van der Waals surface area contributed by atoms with Crippen LogP contribution in [0.4, 0.5) is 11.4 Å².